The van der Waals surface area contributed by atoms with Crippen molar-refractivity contribution in [1.82, 2.24) is 16.2 Å². The zero-order valence-electron chi connectivity index (χ0n) is 15.7. The number of rotatable bonds is 8. The molecule has 3 N–H and O–H groups in total. The van der Waals surface area contributed by atoms with Crippen LogP contribution in [0.4, 0.5) is 0 Å². The fourth-order valence-corrected chi connectivity index (χ4v) is 1.88. The molecule has 1 aromatic rings. The van der Waals surface area contributed by atoms with Crippen LogP contribution < -0.4 is 25.6 Å². The van der Waals surface area contributed by atoms with Gasteiger partial charge in [0.2, 0.25) is 0 Å². The number of amides is 3. The zero-order valence-corrected chi connectivity index (χ0v) is 15.7. The van der Waals surface area contributed by atoms with Crippen molar-refractivity contribution in [2.24, 2.45) is 0 Å². The Labute approximate surface area is 153 Å². The van der Waals surface area contributed by atoms with Crippen LogP contribution in [0, 0.1) is 0 Å². The van der Waals surface area contributed by atoms with Crippen LogP contribution in [-0.2, 0) is 9.59 Å². The van der Waals surface area contributed by atoms with Gasteiger partial charge in [-0.3, -0.25) is 25.2 Å². The Morgan fingerprint density at radius 2 is 1.54 bits per heavy atom. The van der Waals surface area contributed by atoms with E-state index in [1.165, 1.54) is 6.07 Å². The van der Waals surface area contributed by atoms with E-state index in [1.807, 2.05) is 13.8 Å². The lowest BCUT2D eigenvalue weighted by Gasteiger charge is -2.14. The Kier molecular flexibility index (Phi) is 8.97. The highest BCUT2D eigenvalue weighted by Gasteiger charge is 2.16. The average molecular weight is 365 g/mol. The first kappa shape index (κ1) is 21.3. The zero-order chi connectivity index (χ0) is 19.5. The van der Waals surface area contributed by atoms with Crippen LogP contribution in [0.3, 0.4) is 0 Å². The van der Waals surface area contributed by atoms with E-state index in [0.29, 0.717) is 24.7 Å². The molecule has 0 fully saturated rings. The van der Waals surface area contributed by atoms with Crippen molar-refractivity contribution in [3.05, 3.63) is 23.8 Å². The molecule has 0 bridgehead atoms. The summed E-state index contributed by atoms with van der Waals surface area (Å²) < 4.78 is 11.2. The summed E-state index contributed by atoms with van der Waals surface area (Å²) in [5.74, 6) is -1.33. The van der Waals surface area contributed by atoms with Crippen molar-refractivity contribution < 1.29 is 23.9 Å². The van der Waals surface area contributed by atoms with Crippen LogP contribution in [0.15, 0.2) is 18.2 Å². The minimum Gasteiger partial charge on any atom is -0.490 e. The maximum Gasteiger partial charge on any atom is 0.327 e. The van der Waals surface area contributed by atoms with Crippen LogP contribution in [-0.4, -0.2) is 37.0 Å². The second-order valence-electron chi connectivity index (χ2n) is 5.89. The van der Waals surface area contributed by atoms with Gasteiger partial charge in [0.05, 0.1) is 13.2 Å². The van der Waals surface area contributed by atoms with Gasteiger partial charge >= 0.3 is 11.8 Å². The summed E-state index contributed by atoms with van der Waals surface area (Å²) >= 11 is 0. The maximum atomic E-state index is 12.2. The summed E-state index contributed by atoms with van der Waals surface area (Å²) in [7, 11) is 0. The highest BCUT2D eigenvalue weighted by atomic mass is 16.5. The van der Waals surface area contributed by atoms with E-state index in [-0.39, 0.29) is 11.6 Å². The molecule has 0 spiro atoms. The van der Waals surface area contributed by atoms with Crippen molar-refractivity contribution in [2.45, 2.75) is 46.6 Å². The van der Waals surface area contributed by atoms with E-state index in [1.54, 1.807) is 26.0 Å². The monoisotopic (exact) mass is 365 g/mol. The van der Waals surface area contributed by atoms with Gasteiger partial charge in [-0.2, -0.15) is 0 Å². The standard InChI is InChI=1S/C18H27N3O5/c1-5-9-25-14-8-7-13(11-15(14)26-10-6-2)16(22)20-21-18(24)17(23)19-12(3)4/h7-8,11-12H,5-6,9-10H2,1-4H3,(H,19,23)(H,20,22)(H,21,24). The molecular weight excluding hydrogens is 338 g/mol. The Bertz CT molecular complexity index is 631. The Morgan fingerprint density at radius 1 is 0.923 bits per heavy atom. The summed E-state index contributed by atoms with van der Waals surface area (Å²) in [6.45, 7) is 8.44. The van der Waals surface area contributed by atoms with Crippen LogP contribution in [0.5, 0.6) is 11.5 Å². The molecule has 8 heteroatoms. The molecular formula is C18H27N3O5. The normalized spacial score (nSPS) is 10.2. The number of nitrogens with one attached hydrogen (secondary N) is 3. The molecule has 0 aliphatic heterocycles. The highest BCUT2D eigenvalue weighted by Crippen LogP contribution is 2.28. The molecule has 1 aromatic carbocycles. The molecule has 0 unspecified atom stereocenters. The molecule has 0 saturated carbocycles. The molecule has 144 valence electrons. The van der Waals surface area contributed by atoms with E-state index in [0.717, 1.165) is 12.8 Å². The summed E-state index contributed by atoms with van der Waals surface area (Å²) in [4.78, 5) is 35.3. The lowest BCUT2D eigenvalue weighted by Crippen LogP contribution is -2.49. The molecule has 1 rings (SSSR count). The van der Waals surface area contributed by atoms with E-state index < -0.39 is 17.7 Å². The number of hydrogen-bond donors (Lipinski definition) is 3. The predicted octanol–water partition coefficient (Wildman–Crippen LogP) is 1.55. The predicted molar refractivity (Wildman–Crippen MR) is 96.9 cm³/mol. The average Bonchev–Trinajstić information content (AvgIpc) is 2.61. The van der Waals surface area contributed by atoms with Gasteiger partial charge in [-0.1, -0.05) is 13.8 Å². The summed E-state index contributed by atoms with van der Waals surface area (Å²) in [6.07, 6.45) is 1.66. The number of hydrogen-bond acceptors (Lipinski definition) is 5. The molecule has 0 aromatic heterocycles. The fourth-order valence-electron chi connectivity index (χ4n) is 1.88. The van der Waals surface area contributed by atoms with Gasteiger partial charge in [-0.05, 0) is 44.9 Å². The largest absolute Gasteiger partial charge is 0.490 e. The molecule has 0 radical (unpaired) electrons. The third kappa shape index (κ3) is 7.00. The quantitative estimate of drug-likeness (QED) is 0.479. The minimum absolute atomic E-state index is 0.183. The Hall–Kier alpha value is -2.77. The third-order valence-corrected chi connectivity index (χ3v) is 3.04. The molecule has 26 heavy (non-hydrogen) atoms. The van der Waals surface area contributed by atoms with Crippen LogP contribution in [0.2, 0.25) is 0 Å². The fraction of sp³-hybridized carbons (Fsp3) is 0.500. The second kappa shape index (κ2) is 11.0. The van der Waals surface area contributed by atoms with Crippen LogP contribution in [0.25, 0.3) is 0 Å². The topological polar surface area (TPSA) is 106 Å². The van der Waals surface area contributed by atoms with Crippen molar-refractivity contribution in [1.29, 1.82) is 0 Å². The lowest BCUT2D eigenvalue weighted by molar-refractivity contribution is -0.139. The number of hydrazine groups is 1. The van der Waals surface area contributed by atoms with Gasteiger partial charge in [-0.15, -0.1) is 0 Å². The molecule has 3 amide bonds. The second-order valence-corrected chi connectivity index (χ2v) is 5.89. The number of ether oxygens (including phenoxy) is 2. The highest BCUT2D eigenvalue weighted by molar-refractivity contribution is 6.35. The molecule has 0 aliphatic carbocycles. The lowest BCUT2D eigenvalue weighted by atomic mass is 10.2. The Morgan fingerprint density at radius 3 is 2.12 bits per heavy atom. The Balaban J connectivity index is 2.75. The molecule has 0 atom stereocenters. The number of benzene rings is 1. The van der Waals surface area contributed by atoms with E-state index in [4.69, 9.17) is 9.47 Å². The molecule has 0 aliphatic rings. The molecule has 0 saturated heterocycles. The minimum atomic E-state index is -0.947. The smallest absolute Gasteiger partial charge is 0.327 e. The van der Waals surface area contributed by atoms with Gasteiger partial charge in [-0.25, -0.2) is 0 Å². The summed E-state index contributed by atoms with van der Waals surface area (Å²) in [5.41, 5.74) is 4.55. The third-order valence-electron chi connectivity index (χ3n) is 3.04. The van der Waals surface area contributed by atoms with Crippen molar-refractivity contribution in [3.63, 3.8) is 0 Å². The van der Waals surface area contributed by atoms with Crippen molar-refractivity contribution in [3.8, 4) is 11.5 Å². The van der Waals surface area contributed by atoms with Crippen LogP contribution >= 0.6 is 0 Å². The molecule has 0 heterocycles. The first-order valence-electron chi connectivity index (χ1n) is 8.69. The SMILES string of the molecule is CCCOc1ccc(C(=O)NNC(=O)C(=O)NC(C)C)cc1OCCC. The number of carbonyl (C=O) groups is 3. The molecule has 8 nitrogen and oxygen atoms in total. The van der Waals surface area contributed by atoms with Gasteiger partial charge < -0.3 is 14.8 Å². The van der Waals surface area contributed by atoms with Gasteiger partial charge in [0.1, 0.15) is 0 Å². The van der Waals surface area contributed by atoms with Crippen LogP contribution in [0.1, 0.15) is 50.9 Å². The first-order valence-corrected chi connectivity index (χ1v) is 8.69. The van der Waals surface area contributed by atoms with Crippen molar-refractivity contribution >= 4 is 17.7 Å². The summed E-state index contributed by atoms with van der Waals surface area (Å²) in [6, 6.07) is 4.55. The van der Waals surface area contributed by atoms with E-state index >= 15 is 0 Å². The summed E-state index contributed by atoms with van der Waals surface area (Å²) in [5, 5.41) is 2.43. The van der Waals surface area contributed by atoms with E-state index in [9.17, 15) is 14.4 Å². The first-order chi connectivity index (χ1) is 12.4. The van der Waals surface area contributed by atoms with Crippen molar-refractivity contribution in [2.75, 3.05) is 13.2 Å². The van der Waals surface area contributed by atoms with Gasteiger partial charge in [0.25, 0.3) is 5.91 Å². The number of carbonyl (C=O) groups excluding carboxylic acids is 3. The maximum absolute atomic E-state index is 12.2. The van der Waals surface area contributed by atoms with Gasteiger partial charge in [0, 0.05) is 11.6 Å². The van der Waals surface area contributed by atoms with Gasteiger partial charge in [0.15, 0.2) is 11.5 Å². The van der Waals surface area contributed by atoms with E-state index in [2.05, 4.69) is 16.2 Å².